The number of nitriles is 1. The summed E-state index contributed by atoms with van der Waals surface area (Å²) in [6.07, 6.45) is 0.356. The van der Waals surface area contributed by atoms with Gasteiger partial charge in [0, 0.05) is 12.7 Å². The van der Waals surface area contributed by atoms with Crippen LogP contribution >= 0.6 is 0 Å². The molecule has 0 radical (unpaired) electrons. The van der Waals surface area contributed by atoms with Crippen LogP contribution < -0.4 is 9.47 Å². The highest BCUT2D eigenvalue weighted by atomic mass is 16.6. The van der Waals surface area contributed by atoms with E-state index in [1.165, 1.54) is 0 Å². The second kappa shape index (κ2) is 4.86. The lowest BCUT2D eigenvalue weighted by molar-refractivity contribution is 0.152. The van der Waals surface area contributed by atoms with E-state index in [-0.39, 0.29) is 0 Å². The Morgan fingerprint density at radius 2 is 2.19 bits per heavy atom. The fourth-order valence-corrected chi connectivity index (χ4v) is 1.77. The van der Waals surface area contributed by atoms with E-state index in [4.69, 9.17) is 19.5 Å². The maximum absolute atomic E-state index is 8.75. The Bertz CT molecular complexity index is 423. The molecule has 1 aromatic carbocycles. The van der Waals surface area contributed by atoms with Crippen molar-refractivity contribution in [1.82, 2.24) is 0 Å². The number of methoxy groups -OCH3 is 1. The zero-order valence-corrected chi connectivity index (χ0v) is 9.16. The van der Waals surface area contributed by atoms with Crippen molar-refractivity contribution < 1.29 is 14.2 Å². The zero-order chi connectivity index (χ0) is 11.4. The van der Waals surface area contributed by atoms with Crippen molar-refractivity contribution in [3.05, 3.63) is 23.3 Å². The molecule has 0 unspecified atom stereocenters. The van der Waals surface area contributed by atoms with Gasteiger partial charge >= 0.3 is 0 Å². The van der Waals surface area contributed by atoms with Crippen molar-refractivity contribution >= 4 is 0 Å². The molecule has 84 valence electrons. The lowest BCUT2D eigenvalue weighted by atomic mass is 10.0. The molecule has 0 amide bonds. The van der Waals surface area contributed by atoms with E-state index >= 15 is 0 Å². The summed E-state index contributed by atoms with van der Waals surface area (Å²) in [5, 5.41) is 8.75. The van der Waals surface area contributed by atoms with Gasteiger partial charge in [0.05, 0.1) is 19.1 Å². The maximum Gasteiger partial charge on any atom is 0.167 e. The summed E-state index contributed by atoms with van der Waals surface area (Å²) in [5.74, 6) is 1.46. The molecule has 1 aliphatic rings. The van der Waals surface area contributed by atoms with Crippen LogP contribution in [0.3, 0.4) is 0 Å². The standard InChI is InChI=1S/C12H13NO3/c1-14-8-10-9(4-5-13)2-3-11-12(10)16-7-6-15-11/h2-3H,4,6-8H2,1H3. The van der Waals surface area contributed by atoms with E-state index in [9.17, 15) is 0 Å². The van der Waals surface area contributed by atoms with Crippen LogP contribution in [0.4, 0.5) is 0 Å². The molecule has 16 heavy (non-hydrogen) atoms. The highest BCUT2D eigenvalue weighted by Crippen LogP contribution is 2.36. The average molecular weight is 219 g/mol. The van der Waals surface area contributed by atoms with E-state index in [0.717, 1.165) is 22.6 Å². The number of rotatable bonds is 3. The molecule has 0 fully saturated rings. The van der Waals surface area contributed by atoms with Crippen LogP contribution in [0, 0.1) is 11.3 Å². The van der Waals surface area contributed by atoms with Gasteiger partial charge < -0.3 is 14.2 Å². The third-order valence-corrected chi connectivity index (χ3v) is 2.47. The number of hydrogen-bond acceptors (Lipinski definition) is 4. The summed E-state index contributed by atoms with van der Waals surface area (Å²) in [7, 11) is 1.62. The molecular formula is C12H13NO3. The first-order chi connectivity index (χ1) is 7.86. The Balaban J connectivity index is 2.44. The molecular weight excluding hydrogens is 206 g/mol. The summed E-state index contributed by atoms with van der Waals surface area (Å²) in [4.78, 5) is 0. The molecule has 4 nitrogen and oxygen atoms in total. The molecule has 1 aromatic rings. The largest absolute Gasteiger partial charge is 0.486 e. The van der Waals surface area contributed by atoms with Gasteiger partial charge in [0.25, 0.3) is 0 Å². The van der Waals surface area contributed by atoms with Crippen molar-refractivity contribution in [3.8, 4) is 17.6 Å². The van der Waals surface area contributed by atoms with Gasteiger partial charge in [-0.15, -0.1) is 0 Å². The molecule has 0 atom stereocenters. The van der Waals surface area contributed by atoms with Gasteiger partial charge in [0.15, 0.2) is 11.5 Å². The number of hydrogen-bond donors (Lipinski definition) is 0. The van der Waals surface area contributed by atoms with Gasteiger partial charge in [-0.05, 0) is 11.6 Å². The predicted octanol–water partition coefficient (Wildman–Crippen LogP) is 1.67. The number of ether oxygens (including phenoxy) is 3. The Morgan fingerprint density at radius 1 is 1.38 bits per heavy atom. The molecule has 0 bridgehead atoms. The molecule has 0 aliphatic carbocycles. The van der Waals surface area contributed by atoms with E-state index in [1.807, 2.05) is 12.1 Å². The van der Waals surface area contributed by atoms with E-state index < -0.39 is 0 Å². The van der Waals surface area contributed by atoms with Crippen LogP contribution in [-0.4, -0.2) is 20.3 Å². The molecule has 1 aliphatic heterocycles. The topological polar surface area (TPSA) is 51.5 Å². The molecule has 4 heteroatoms. The molecule has 0 saturated heterocycles. The minimum absolute atomic E-state index is 0.356. The summed E-state index contributed by atoms with van der Waals surface area (Å²) >= 11 is 0. The van der Waals surface area contributed by atoms with Crippen LogP contribution in [-0.2, 0) is 17.8 Å². The summed E-state index contributed by atoms with van der Waals surface area (Å²) < 4.78 is 16.2. The third-order valence-electron chi connectivity index (χ3n) is 2.47. The van der Waals surface area contributed by atoms with E-state index in [2.05, 4.69) is 6.07 Å². The third kappa shape index (κ3) is 1.95. The van der Waals surface area contributed by atoms with Crippen molar-refractivity contribution in [1.29, 1.82) is 5.26 Å². The Labute approximate surface area is 94.3 Å². The monoisotopic (exact) mass is 219 g/mol. The van der Waals surface area contributed by atoms with Crippen molar-refractivity contribution in [2.75, 3.05) is 20.3 Å². The van der Waals surface area contributed by atoms with Gasteiger partial charge in [-0.1, -0.05) is 6.07 Å². The highest BCUT2D eigenvalue weighted by Gasteiger charge is 2.18. The number of fused-ring (bicyclic) bond motifs is 1. The second-order valence-corrected chi connectivity index (χ2v) is 3.50. The minimum Gasteiger partial charge on any atom is -0.486 e. The fraction of sp³-hybridized carbons (Fsp3) is 0.417. The van der Waals surface area contributed by atoms with Gasteiger partial charge in [-0.3, -0.25) is 0 Å². The first kappa shape index (κ1) is 10.8. The van der Waals surface area contributed by atoms with E-state index in [1.54, 1.807) is 7.11 Å². The highest BCUT2D eigenvalue weighted by molar-refractivity contribution is 5.51. The van der Waals surface area contributed by atoms with Crippen LogP contribution in [0.25, 0.3) is 0 Å². The summed E-state index contributed by atoms with van der Waals surface area (Å²) in [5.41, 5.74) is 1.86. The summed E-state index contributed by atoms with van der Waals surface area (Å²) in [6, 6.07) is 5.88. The lowest BCUT2D eigenvalue weighted by Gasteiger charge is -2.22. The van der Waals surface area contributed by atoms with E-state index in [0.29, 0.717) is 26.2 Å². The molecule has 0 aromatic heterocycles. The lowest BCUT2D eigenvalue weighted by Crippen LogP contribution is -2.17. The normalized spacial score (nSPS) is 13.2. The zero-order valence-electron chi connectivity index (χ0n) is 9.16. The van der Waals surface area contributed by atoms with Crippen LogP contribution in [0.15, 0.2) is 12.1 Å². The Morgan fingerprint density at radius 3 is 2.94 bits per heavy atom. The van der Waals surface area contributed by atoms with Gasteiger partial charge in [0.2, 0.25) is 0 Å². The van der Waals surface area contributed by atoms with Crippen molar-refractivity contribution in [2.24, 2.45) is 0 Å². The smallest absolute Gasteiger partial charge is 0.167 e. The second-order valence-electron chi connectivity index (χ2n) is 3.50. The predicted molar refractivity (Wildman–Crippen MR) is 57.5 cm³/mol. The Hall–Kier alpha value is -1.73. The van der Waals surface area contributed by atoms with Crippen molar-refractivity contribution in [3.63, 3.8) is 0 Å². The molecule has 0 spiro atoms. The molecule has 2 rings (SSSR count). The first-order valence-electron chi connectivity index (χ1n) is 5.13. The average Bonchev–Trinajstić information content (AvgIpc) is 2.32. The first-order valence-corrected chi connectivity index (χ1v) is 5.13. The molecule has 0 N–H and O–H groups in total. The maximum atomic E-state index is 8.75. The fourth-order valence-electron chi connectivity index (χ4n) is 1.77. The number of nitrogens with zero attached hydrogens (tertiary/aromatic N) is 1. The Kier molecular flexibility index (Phi) is 3.28. The van der Waals surface area contributed by atoms with Crippen molar-refractivity contribution in [2.45, 2.75) is 13.0 Å². The van der Waals surface area contributed by atoms with Crippen LogP contribution in [0.5, 0.6) is 11.5 Å². The van der Waals surface area contributed by atoms with Crippen LogP contribution in [0.1, 0.15) is 11.1 Å². The SMILES string of the molecule is COCc1c(CC#N)ccc2c1OCCO2. The molecule has 0 saturated carbocycles. The van der Waals surface area contributed by atoms with Gasteiger partial charge in [-0.2, -0.15) is 5.26 Å². The quantitative estimate of drug-likeness (QED) is 0.776. The van der Waals surface area contributed by atoms with Gasteiger partial charge in [0.1, 0.15) is 13.2 Å². The van der Waals surface area contributed by atoms with Gasteiger partial charge in [-0.25, -0.2) is 0 Å². The summed E-state index contributed by atoms with van der Waals surface area (Å²) in [6.45, 7) is 1.54. The number of benzene rings is 1. The molecule has 1 heterocycles. The van der Waals surface area contributed by atoms with Crippen LogP contribution in [0.2, 0.25) is 0 Å². The minimum atomic E-state index is 0.356.